The second-order valence-corrected chi connectivity index (χ2v) is 7.48. The van der Waals surface area contributed by atoms with Crippen LogP contribution in [-0.2, 0) is 21.6 Å². The highest BCUT2D eigenvalue weighted by atomic mass is 16.5. The third-order valence-electron chi connectivity index (χ3n) is 5.42. The zero-order valence-electron chi connectivity index (χ0n) is 15.9. The van der Waals surface area contributed by atoms with Crippen LogP contribution >= 0.6 is 0 Å². The van der Waals surface area contributed by atoms with E-state index in [1.54, 1.807) is 0 Å². The second kappa shape index (κ2) is 9.96. The van der Waals surface area contributed by atoms with E-state index in [-0.39, 0.29) is 11.9 Å². The minimum absolute atomic E-state index is 0.0502. The fraction of sp³-hybridized carbons (Fsp3) is 0.682. The van der Waals surface area contributed by atoms with Gasteiger partial charge in [0, 0.05) is 0 Å². The molecule has 140 valence electrons. The predicted molar refractivity (Wildman–Crippen MR) is 101 cm³/mol. The highest BCUT2D eigenvalue weighted by Crippen LogP contribution is 2.40. The van der Waals surface area contributed by atoms with Gasteiger partial charge in [-0.2, -0.15) is 0 Å². The van der Waals surface area contributed by atoms with Crippen LogP contribution < -0.4 is 0 Å². The Morgan fingerprint density at radius 2 is 1.76 bits per heavy atom. The van der Waals surface area contributed by atoms with Crippen molar-refractivity contribution in [2.45, 2.75) is 83.7 Å². The molecule has 1 aliphatic carbocycles. The first-order chi connectivity index (χ1) is 12.1. The summed E-state index contributed by atoms with van der Waals surface area (Å²) in [5.74, 6) is -0.123. The van der Waals surface area contributed by atoms with Crippen molar-refractivity contribution < 1.29 is 14.6 Å². The molecule has 2 rings (SSSR count). The Bertz CT molecular complexity index is 513. The second-order valence-electron chi connectivity index (χ2n) is 7.48. The van der Waals surface area contributed by atoms with Gasteiger partial charge in [-0.25, -0.2) is 0 Å². The maximum absolute atomic E-state index is 12.2. The molecular formula is C22H34O3. The van der Waals surface area contributed by atoms with Gasteiger partial charge in [0.05, 0.1) is 18.1 Å². The number of benzene rings is 1. The van der Waals surface area contributed by atoms with Gasteiger partial charge in [0.2, 0.25) is 0 Å². The number of ether oxygens (including phenoxy) is 1. The lowest BCUT2D eigenvalue weighted by Crippen LogP contribution is -2.34. The summed E-state index contributed by atoms with van der Waals surface area (Å²) in [5, 5.41) is 11.0. The lowest BCUT2D eigenvalue weighted by molar-refractivity contribution is -0.152. The van der Waals surface area contributed by atoms with Crippen molar-refractivity contribution in [1.29, 1.82) is 0 Å². The van der Waals surface area contributed by atoms with E-state index in [0.717, 1.165) is 31.2 Å². The Balaban J connectivity index is 1.80. The van der Waals surface area contributed by atoms with Crippen molar-refractivity contribution in [2.24, 2.45) is 5.92 Å². The number of aryl methyl sites for hydroxylation is 1. The molecule has 1 fully saturated rings. The molecule has 0 amide bonds. The van der Waals surface area contributed by atoms with Crippen LogP contribution in [0.25, 0.3) is 0 Å². The van der Waals surface area contributed by atoms with Crippen LogP contribution in [0.2, 0.25) is 0 Å². The highest BCUT2D eigenvalue weighted by molar-refractivity contribution is 5.72. The van der Waals surface area contributed by atoms with E-state index in [1.165, 1.54) is 18.4 Å². The van der Waals surface area contributed by atoms with Gasteiger partial charge in [-0.3, -0.25) is 4.79 Å². The van der Waals surface area contributed by atoms with Crippen LogP contribution in [0.3, 0.4) is 0 Å². The molecule has 3 nitrogen and oxygen atoms in total. The van der Waals surface area contributed by atoms with Crippen LogP contribution in [0, 0.1) is 5.92 Å². The van der Waals surface area contributed by atoms with Crippen molar-refractivity contribution in [3.05, 3.63) is 35.4 Å². The molecule has 0 aromatic heterocycles. The van der Waals surface area contributed by atoms with Crippen LogP contribution in [-0.4, -0.2) is 17.7 Å². The molecule has 0 aliphatic heterocycles. The van der Waals surface area contributed by atoms with E-state index >= 15 is 0 Å². The molecule has 0 atom stereocenters. The Morgan fingerprint density at radius 3 is 2.36 bits per heavy atom. The summed E-state index contributed by atoms with van der Waals surface area (Å²) in [6.07, 6.45) is 9.37. The minimum Gasteiger partial charge on any atom is -0.465 e. The van der Waals surface area contributed by atoms with Gasteiger partial charge >= 0.3 is 5.97 Å². The Labute approximate surface area is 152 Å². The highest BCUT2D eigenvalue weighted by Gasteiger charge is 2.37. The first-order valence-corrected chi connectivity index (χ1v) is 10.1. The maximum Gasteiger partial charge on any atom is 0.308 e. The van der Waals surface area contributed by atoms with Gasteiger partial charge in [0.15, 0.2) is 0 Å². The average molecular weight is 347 g/mol. The Hall–Kier alpha value is -1.35. The van der Waals surface area contributed by atoms with E-state index in [0.29, 0.717) is 32.3 Å². The van der Waals surface area contributed by atoms with E-state index in [9.17, 15) is 9.90 Å². The molecule has 25 heavy (non-hydrogen) atoms. The topological polar surface area (TPSA) is 46.5 Å². The molecule has 0 unspecified atom stereocenters. The predicted octanol–water partition coefficient (Wildman–Crippen LogP) is 5.14. The van der Waals surface area contributed by atoms with Crippen LogP contribution in [0.15, 0.2) is 24.3 Å². The molecule has 1 saturated carbocycles. The average Bonchev–Trinajstić information content (AvgIpc) is 2.63. The standard InChI is InChI=1S/C22H34O3/c1-3-5-6-7-17-25-21(23)19-13-15-22(24,16-14-19)20-11-9-18(8-4-2)10-12-20/h9-12,19,24H,3-8,13-17H2,1-2H3. The van der Waals surface area contributed by atoms with Gasteiger partial charge < -0.3 is 9.84 Å². The number of unbranched alkanes of at least 4 members (excludes halogenated alkanes) is 3. The van der Waals surface area contributed by atoms with Crippen molar-refractivity contribution in [2.75, 3.05) is 6.61 Å². The molecule has 1 aliphatic rings. The van der Waals surface area contributed by atoms with Crippen LogP contribution in [0.4, 0.5) is 0 Å². The molecule has 0 bridgehead atoms. The van der Waals surface area contributed by atoms with Gasteiger partial charge in [0.25, 0.3) is 0 Å². The zero-order chi connectivity index (χ0) is 18.1. The number of carbonyl (C=O) groups is 1. The molecule has 1 aromatic carbocycles. The normalized spacial score (nSPS) is 23.4. The Morgan fingerprint density at radius 1 is 1.08 bits per heavy atom. The quantitative estimate of drug-likeness (QED) is 0.497. The van der Waals surface area contributed by atoms with Crippen LogP contribution in [0.5, 0.6) is 0 Å². The molecule has 0 heterocycles. The summed E-state index contributed by atoms with van der Waals surface area (Å²) < 4.78 is 5.42. The largest absolute Gasteiger partial charge is 0.465 e. The van der Waals surface area contributed by atoms with Gasteiger partial charge in [-0.15, -0.1) is 0 Å². The van der Waals surface area contributed by atoms with E-state index in [2.05, 4.69) is 38.1 Å². The number of hydrogen-bond acceptors (Lipinski definition) is 3. The smallest absolute Gasteiger partial charge is 0.308 e. The van der Waals surface area contributed by atoms with Gasteiger partial charge in [0.1, 0.15) is 0 Å². The van der Waals surface area contributed by atoms with E-state index in [1.807, 2.05) is 0 Å². The molecule has 1 aromatic rings. The fourth-order valence-corrected chi connectivity index (χ4v) is 3.71. The zero-order valence-corrected chi connectivity index (χ0v) is 15.9. The van der Waals surface area contributed by atoms with Crippen molar-refractivity contribution in [3.63, 3.8) is 0 Å². The monoisotopic (exact) mass is 346 g/mol. The third kappa shape index (κ3) is 5.85. The maximum atomic E-state index is 12.2. The Kier molecular flexibility index (Phi) is 7.95. The molecule has 0 saturated heterocycles. The first kappa shape index (κ1) is 20.0. The van der Waals surface area contributed by atoms with Crippen LogP contribution in [0.1, 0.15) is 82.8 Å². The van der Waals surface area contributed by atoms with Crippen molar-refractivity contribution in [1.82, 2.24) is 0 Å². The van der Waals surface area contributed by atoms with Crippen molar-refractivity contribution >= 4 is 5.97 Å². The summed E-state index contributed by atoms with van der Waals surface area (Å²) in [7, 11) is 0. The summed E-state index contributed by atoms with van der Waals surface area (Å²) >= 11 is 0. The lowest BCUT2D eigenvalue weighted by Gasteiger charge is -2.35. The SMILES string of the molecule is CCCCCCOC(=O)C1CCC(O)(c2ccc(CCC)cc2)CC1. The van der Waals surface area contributed by atoms with Gasteiger partial charge in [-0.05, 0) is 49.7 Å². The molecule has 1 N–H and O–H groups in total. The van der Waals surface area contributed by atoms with Crippen molar-refractivity contribution in [3.8, 4) is 0 Å². The summed E-state index contributed by atoms with van der Waals surface area (Å²) in [5.41, 5.74) is 1.51. The minimum atomic E-state index is -0.789. The third-order valence-corrected chi connectivity index (χ3v) is 5.42. The fourth-order valence-electron chi connectivity index (χ4n) is 3.71. The first-order valence-electron chi connectivity index (χ1n) is 10.1. The molecule has 0 radical (unpaired) electrons. The number of esters is 1. The summed E-state index contributed by atoms with van der Waals surface area (Å²) in [6, 6.07) is 8.34. The van der Waals surface area contributed by atoms with E-state index in [4.69, 9.17) is 4.74 Å². The number of rotatable bonds is 9. The summed E-state index contributed by atoms with van der Waals surface area (Å²) in [4.78, 5) is 12.2. The van der Waals surface area contributed by atoms with E-state index < -0.39 is 5.60 Å². The molecule has 0 spiro atoms. The molecular weight excluding hydrogens is 312 g/mol. The molecule has 3 heteroatoms. The lowest BCUT2D eigenvalue weighted by atomic mass is 9.75. The van der Waals surface area contributed by atoms with Gasteiger partial charge in [-0.1, -0.05) is 63.8 Å². The number of hydrogen-bond donors (Lipinski definition) is 1. The number of aliphatic hydroxyl groups is 1. The summed E-state index contributed by atoms with van der Waals surface area (Å²) in [6.45, 7) is 4.89. The number of carbonyl (C=O) groups excluding carboxylic acids is 1.